The largest absolute Gasteiger partial charge is 0.366 e. The minimum Gasteiger partial charge on any atom is -0.366 e. The summed E-state index contributed by atoms with van der Waals surface area (Å²) >= 11 is 0. The van der Waals surface area contributed by atoms with Crippen LogP contribution in [0.25, 0.3) is 0 Å². The lowest BCUT2D eigenvalue weighted by Gasteiger charge is -2.22. The summed E-state index contributed by atoms with van der Waals surface area (Å²) in [5.74, 6) is 1.18. The van der Waals surface area contributed by atoms with E-state index < -0.39 is 0 Å². The molecule has 0 unspecified atom stereocenters. The molecule has 1 amide bonds. The van der Waals surface area contributed by atoms with Crippen LogP contribution in [0.5, 0.6) is 0 Å². The Labute approximate surface area is 142 Å². The highest BCUT2D eigenvalue weighted by Crippen LogP contribution is 2.18. The van der Waals surface area contributed by atoms with Crippen LogP contribution in [0.2, 0.25) is 0 Å². The van der Waals surface area contributed by atoms with E-state index in [-0.39, 0.29) is 11.9 Å². The maximum atomic E-state index is 12.5. The molecule has 1 fully saturated rings. The zero-order valence-corrected chi connectivity index (χ0v) is 14.1. The fourth-order valence-corrected chi connectivity index (χ4v) is 3.07. The normalized spacial score (nSPS) is 15.0. The van der Waals surface area contributed by atoms with E-state index in [1.165, 1.54) is 24.8 Å². The minimum atomic E-state index is -0.102. The molecular weight excluding hydrogens is 300 g/mol. The van der Waals surface area contributed by atoms with Crippen LogP contribution in [0.1, 0.15) is 54.0 Å². The number of benzene rings is 1. The van der Waals surface area contributed by atoms with E-state index in [2.05, 4.69) is 32.7 Å². The molecule has 0 radical (unpaired) electrons. The molecule has 1 aliphatic rings. The molecule has 5 heteroatoms. The number of hydrogen-bond acceptors (Lipinski definition) is 4. The quantitative estimate of drug-likeness (QED) is 0.884. The summed E-state index contributed by atoms with van der Waals surface area (Å²) in [6.45, 7) is 2.48. The number of carbonyl (C=O) groups is 1. The Morgan fingerprint density at radius 1 is 1.12 bits per heavy atom. The third kappa shape index (κ3) is 4.54. The zero-order chi connectivity index (χ0) is 16.8. The lowest BCUT2D eigenvalue weighted by Crippen LogP contribution is -2.36. The van der Waals surface area contributed by atoms with Crippen molar-refractivity contribution in [1.82, 2.24) is 15.3 Å². The molecule has 1 aromatic carbocycles. The van der Waals surface area contributed by atoms with Crippen LogP contribution >= 0.6 is 0 Å². The number of rotatable bonds is 5. The highest BCUT2D eigenvalue weighted by atomic mass is 16.1. The number of carbonyl (C=O) groups excluding carboxylic acids is 1. The summed E-state index contributed by atoms with van der Waals surface area (Å²) in [4.78, 5) is 21.1. The van der Waals surface area contributed by atoms with Crippen molar-refractivity contribution in [3.8, 4) is 0 Å². The van der Waals surface area contributed by atoms with Gasteiger partial charge in [-0.15, -0.1) is 0 Å². The first-order valence-corrected chi connectivity index (χ1v) is 8.65. The van der Waals surface area contributed by atoms with Crippen LogP contribution in [0, 0.1) is 6.92 Å². The van der Waals surface area contributed by atoms with Gasteiger partial charge in [0.25, 0.3) is 5.91 Å². The average molecular weight is 324 g/mol. The summed E-state index contributed by atoms with van der Waals surface area (Å²) in [5, 5.41) is 6.38. The average Bonchev–Trinajstić information content (AvgIpc) is 2.61. The Bertz CT molecular complexity index is 681. The van der Waals surface area contributed by atoms with E-state index in [1.807, 2.05) is 25.1 Å². The van der Waals surface area contributed by atoms with Gasteiger partial charge in [0.15, 0.2) is 0 Å². The molecular formula is C19H24N4O. The molecule has 2 aromatic rings. The zero-order valence-electron chi connectivity index (χ0n) is 14.1. The van der Waals surface area contributed by atoms with Gasteiger partial charge >= 0.3 is 0 Å². The Hall–Kier alpha value is -2.43. The highest BCUT2D eigenvalue weighted by Gasteiger charge is 2.18. The van der Waals surface area contributed by atoms with Crippen molar-refractivity contribution >= 4 is 11.7 Å². The maximum Gasteiger partial charge on any atom is 0.270 e. The predicted molar refractivity (Wildman–Crippen MR) is 94.9 cm³/mol. The van der Waals surface area contributed by atoms with Gasteiger partial charge in [-0.25, -0.2) is 9.97 Å². The summed E-state index contributed by atoms with van der Waals surface area (Å²) in [5.41, 5.74) is 1.60. The van der Waals surface area contributed by atoms with Crippen LogP contribution in [0.15, 0.2) is 36.4 Å². The van der Waals surface area contributed by atoms with Crippen LogP contribution < -0.4 is 10.6 Å². The molecule has 5 nitrogen and oxygen atoms in total. The van der Waals surface area contributed by atoms with E-state index in [0.717, 1.165) is 12.8 Å². The SMILES string of the molecule is Cc1nc(NCc2ccccc2)cc(C(=O)NC2CCCCC2)n1. The van der Waals surface area contributed by atoms with E-state index in [9.17, 15) is 4.79 Å². The number of amides is 1. The Kier molecular flexibility index (Phi) is 5.41. The second-order valence-electron chi connectivity index (χ2n) is 6.33. The number of aryl methyl sites for hydroxylation is 1. The fourth-order valence-electron chi connectivity index (χ4n) is 3.07. The highest BCUT2D eigenvalue weighted by molar-refractivity contribution is 5.93. The molecule has 1 aromatic heterocycles. The summed E-state index contributed by atoms with van der Waals surface area (Å²) in [6.07, 6.45) is 5.78. The molecule has 0 atom stereocenters. The number of aromatic nitrogens is 2. The van der Waals surface area contributed by atoms with E-state index in [0.29, 0.717) is 23.9 Å². The topological polar surface area (TPSA) is 66.9 Å². The van der Waals surface area contributed by atoms with E-state index >= 15 is 0 Å². The van der Waals surface area contributed by atoms with Gasteiger partial charge in [-0.3, -0.25) is 4.79 Å². The predicted octanol–water partition coefficient (Wildman–Crippen LogP) is 3.46. The molecule has 0 aliphatic heterocycles. The van der Waals surface area contributed by atoms with Crippen LogP contribution in [-0.4, -0.2) is 21.9 Å². The third-order valence-electron chi connectivity index (χ3n) is 4.33. The molecule has 2 N–H and O–H groups in total. The third-order valence-corrected chi connectivity index (χ3v) is 4.33. The monoisotopic (exact) mass is 324 g/mol. The molecule has 0 spiro atoms. The first kappa shape index (κ1) is 16.4. The maximum absolute atomic E-state index is 12.5. The van der Waals surface area contributed by atoms with Crippen molar-refractivity contribution in [2.24, 2.45) is 0 Å². The van der Waals surface area contributed by atoms with E-state index in [4.69, 9.17) is 0 Å². The van der Waals surface area contributed by atoms with Crippen LogP contribution in [0.4, 0.5) is 5.82 Å². The smallest absolute Gasteiger partial charge is 0.270 e. The van der Waals surface area contributed by atoms with Crippen molar-refractivity contribution in [3.63, 3.8) is 0 Å². The van der Waals surface area contributed by atoms with Gasteiger partial charge in [0, 0.05) is 18.7 Å². The van der Waals surface area contributed by atoms with Crippen molar-refractivity contribution < 1.29 is 4.79 Å². The summed E-state index contributed by atoms with van der Waals surface area (Å²) in [6, 6.07) is 12.1. The number of hydrogen-bond donors (Lipinski definition) is 2. The fraction of sp³-hybridized carbons (Fsp3) is 0.421. The Morgan fingerprint density at radius 3 is 2.62 bits per heavy atom. The van der Waals surface area contributed by atoms with Gasteiger partial charge in [0.1, 0.15) is 17.3 Å². The Balaban J connectivity index is 1.65. The van der Waals surface area contributed by atoms with Gasteiger partial charge < -0.3 is 10.6 Å². The van der Waals surface area contributed by atoms with Crippen molar-refractivity contribution in [2.75, 3.05) is 5.32 Å². The van der Waals surface area contributed by atoms with Gasteiger partial charge in [0.2, 0.25) is 0 Å². The number of nitrogens with zero attached hydrogens (tertiary/aromatic N) is 2. The first-order chi connectivity index (χ1) is 11.7. The van der Waals surface area contributed by atoms with Crippen molar-refractivity contribution in [1.29, 1.82) is 0 Å². The van der Waals surface area contributed by atoms with Crippen molar-refractivity contribution in [2.45, 2.75) is 51.6 Å². The van der Waals surface area contributed by atoms with Gasteiger partial charge in [-0.2, -0.15) is 0 Å². The minimum absolute atomic E-state index is 0.102. The lowest BCUT2D eigenvalue weighted by atomic mass is 9.95. The second-order valence-corrected chi connectivity index (χ2v) is 6.33. The molecule has 3 rings (SSSR count). The number of nitrogens with one attached hydrogen (secondary N) is 2. The van der Waals surface area contributed by atoms with Gasteiger partial charge in [0.05, 0.1) is 0 Å². The molecule has 24 heavy (non-hydrogen) atoms. The Morgan fingerprint density at radius 2 is 1.88 bits per heavy atom. The summed E-state index contributed by atoms with van der Waals surface area (Å²) < 4.78 is 0. The van der Waals surface area contributed by atoms with Crippen LogP contribution in [-0.2, 0) is 6.54 Å². The molecule has 1 aliphatic carbocycles. The standard InChI is InChI=1S/C19H24N4O/c1-14-21-17(19(24)23-16-10-6-3-7-11-16)12-18(22-14)20-13-15-8-4-2-5-9-15/h2,4-5,8-9,12,16H,3,6-7,10-11,13H2,1H3,(H,23,24)(H,20,21,22). The van der Waals surface area contributed by atoms with Crippen molar-refractivity contribution in [3.05, 3.63) is 53.5 Å². The van der Waals surface area contributed by atoms with Crippen LogP contribution in [0.3, 0.4) is 0 Å². The molecule has 126 valence electrons. The second kappa shape index (κ2) is 7.90. The molecule has 0 saturated heterocycles. The lowest BCUT2D eigenvalue weighted by molar-refractivity contribution is 0.0922. The molecule has 0 bridgehead atoms. The van der Waals surface area contributed by atoms with Gasteiger partial charge in [-0.05, 0) is 25.3 Å². The molecule has 1 saturated carbocycles. The first-order valence-electron chi connectivity index (χ1n) is 8.65. The number of anilines is 1. The van der Waals surface area contributed by atoms with E-state index in [1.54, 1.807) is 6.07 Å². The molecule has 1 heterocycles. The summed E-state index contributed by atoms with van der Waals surface area (Å²) in [7, 11) is 0. The van der Waals surface area contributed by atoms with Gasteiger partial charge in [-0.1, -0.05) is 49.6 Å².